The Bertz CT molecular complexity index is 298. The van der Waals surface area contributed by atoms with Crippen molar-refractivity contribution in [2.75, 3.05) is 6.61 Å². The van der Waals surface area contributed by atoms with Crippen molar-refractivity contribution < 1.29 is 14.3 Å². The van der Waals surface area contributed by atoms with Crippen LogP contribution in [0, 0.1) is 0 Å². The fourth-order valence-corrected chi connectivity index (χ4v) is 1.22. The number of ether oxygens (including phenoxy) is 2. The highest BCUT2D eigenvalue weighted by Gasteiger charge is 2.30. The Morgan fingerprint density at radius 1 is 1.50 bits per heavy atom. The van der Waals surface area contributed by atoms with Crippen molar-refractivity contribution >= 4 is 6.29 Å². The maximum absolute atomic E-state index is 10.7. The van der Waals surface area contributed by atoms with Crippen LogP contribution < -0.4 is 0 Å². The van der Waals surface area contributed by atoms with Crippen LogP contribution in [0.25, 0.3) is 0 Å². The highest BCUT2D eigenvalue weighted by Crippen LogP contribution is 2.29. The van der Waals surface area contributed by atoms with Crippen LogP contribution in [0.15, 0.2) is 23.2 Å². The summed E-state index contributed by atoms with van der Waals surface area (Å²) in [6.07, 6.45) is 2.58. The number of rotatable bonds is 1. The van der Waals surface area contributed by atoms with Gasteiger partial charge in [0.25, 0.3) is 0 Å². The van der Waals surface area contributed by atoms with E-state index >= 15 is 0 Å². The molecule has 1 aliphatic heterocycles. The monoisotopic (exact) mass is 196 g/mol. The standard InChI is InChI=1S/C11H16O3/c1-5-9-10(8(2)6-12)14-11(3,4)7-13-9/h5-6H,7H2,1-4H3/b9-5+,10-8-. The zero-order valence-corrected chi connectivity index (χ0v) is 9.09. The first kappa shape index (κ1) is 10.8. The van der Waals surface area contributed by atoms with Crippen LogP contribution in [-0.2, 0) is 14.3 Å². The zero-order chi connectivity index (χ0) is 10.8. The summed E-state index contributed by atoms with van der Waals surface area (Å²) < 4.78 is 11.2. The molecule has 0 aromatic carbocycles. The summed E-state index contributed by atoms with van der Waals surface area (Å²) >= 11 is 0. The van der Waals surface area contributed by atoms with Crippen LogP contribution in [0.2, 0.25) is 0 Å². The van der Waals surface area contributed by atoms with Gasteiger partial charge in [0.2, 0.25) is 0 Å². The molecule has 0 N–H and O–H groups in total. The molecule has 0 atom stereocenters. The Morgan fingerprint density at radius 3 is 2.64 bits per heavy atom. The summed E-state index contributed by atoms with van der Waals surface area (Å²) in [6, 6.07) is 0. The highest BCUT2D eigenvalue weighted by molar-refractivity contribution is 5.74. The second-order valence-corrected chi connectivity index (χ2v) is 3.93. The third kappa shape index (κ3) is 2.16. The number of aldehydes is 1. The molecule has 0 amide bonds. The van der Waals surface area contributed by atoms with E-state index in [4.69, 9.17) is 9.47 Å². The smallest absolute Gasteiger partial charge is 0.167 e. The molecule has 3 nitrogen and oxygen atoms in total. The summed E-state index contributed by atoms with van der Waals surface area (Å²) in [5, 5.41) is 0. The highest BCUT2D eigenvalue weighted by atomic mass is 16.6. The van der Waals surface area contributed by atoms with Gasteiger partial charge in [0.15, 0.2) is 11.5 Å². The van der Waals surface area contributed by atoms with Gasteiger partial charge in [-0.2, -0.15) is 0 Å². The second-order valence-electron chi connectivity index (χ2n) is 3.93. The Labute approximate surface area is 84.4 Å². The molecule has 78 valence electrons. The molecule has 14 heavy (non-hydrogen) atoms. The van der Waals surface area contributed by atoms with Crippen molar-refractivity contribution in [3.05, 3.63) is 23.2 Å². The lowest BCUT2D eigenvalue weighted by atomic mass is 10.1. The summed E-state index contributed by atoms with van der Waals surface area (Å²) in [5.74, 6) is 1.20. The van der Waals surface area contributed by atoms with Crippen LogP contribution in [0.5, 0.6) is 0 Å². The molecule has 0 aromatic heterocycles. The molecule has 0 spiro atoms. The molecule has 0 unspecified atom stereocenters. The third-order valence-corrected chi connectivity index (χ3v) is 1.97. The molecule has 1 aliphatic rings. The minimum absolute atomic E-state index is 0.369. The average Bonchev–Trinajstić information content (AvgIpc) is 2.15. The summed E-state index contributed by atoms with van der Waals surface area (Å²) in [6.45, 7) is 7.93. The molecular weight excluding hydrogens is 180 g/mol. The van der Waals surface area contributed by atoms with Crippen molar-refractivity contribution in [2.24, 2.45) is 0 Å². The van der Waals surface area contributed by atoms with E-state index in [0.29, 0.717) is 23.7 Å². The number of carbonyl (C=O) groups is 1. The number of carbonyl (C=O) groups excluding carboxylic acids is 1. The molecule has 0 aliphatic carbocycles. The van der Waals surface area contributed by atoms with E-state index in [1.165, 1.54) is 0 Å². The first-order chi connectivity index (χ1) is 6.50. The van der Waals surface area contributed by atoms with E-state index in [2.05, 4.69) is 0 Å². The molecule has 0 radical (unpaired) electrons. The van der Waals surface area contributed by atoms with Gasteiger partial charge in [0, 0.05) is 5.57 Å². The first-order valence-electron chi connectivity index (χ1n) is 4.65. The molecule has 3 heteroatoms. The van der Waals surface area contributed by atoms with Gasteiger partial charge in [-0.05, 0) is 33.8 Å². The summed E-state index contributed by atoms with van der Waals surface area (Å²) in [4.78, 5) is 10.7. The minimum atomic E-state index is -0.369. The van der Waals surface area contributed by atoms with Gasteiger partial charge in [-0.3, -0.25) is 4.79 Å². The second kappa shape index (κ2) is 3.86. The fourth-order valence-electron chi connectivity index (χ4n) is 1.22. The molecule has 0 aromatic rings. The number of allylic oxidation sites excluding steroid dienone is 2. The van der Waals surface area contributed by atoms with Gasteiger partial charge in [0.05, 0.1) is 0 Å². The number of hydrogen-bond acceptors (Lipinski definition) is 3. The van der Waals surface area contributed by atoms with E-state index in [1.54, 1.807) is 13.0 Å². The van der Waals surface area contributed by atoms with Crippen molar-refractivity contribution in [1.29, 1.82) is 0 Å². The number of hydrogen-bond donors (Lipinski definition) is 0. The Hall–Kier alpha value is -1.25. The molecule has 1 fully saturated rings. The first-order valence-corrected chi connectivity index (χ1v) is 4.65. The SMILES string of the molecule is C/C=C1/OCC(C)(C)O/C1=C(/C)C=O. The van der Waals surface area contributed by atoms with Crippen molar-refractivity contribution in [3.63, 3.8) is 0 Å². The van der Waals surface area contributed by atoms with Crippen molar-refractivity contribution in [3.8, 4) is 0 Å². The summed E-state index contributed by atoms with van der Waals surface area (Å²) in [5.41, 5.74) is 0.192. The fraction of sp³-hybridized carbons (Fsp3) is 0.545. The van der Waals surface area contributed by atoms with E-state index in [1.807, 2.05) is 20.8 Å². The molecule has 0 saturated carbocycles. The van der Waals surface area contributed by atoms with Crippen LogP contribution >= 0.6 is 0 Å². The van der Waals surface area contributed by atoms with E-state index in [0.717, 1.165) is 6.29 Å². The lowest BCUT2D eigenvalue weighted by Gasteiger charge is -2.34. The van der Waals surface area contributed by atoms with Gasteiger partial charge >= 0.3 is 0 Å². The van der Waals surface area contributed by atoms with Crippen LogP contribution in [0.3, 0.4) is 0 Å². The van der Waals surface area contributed by atoms with Crippen LogP contribution in [0.1, 0.15) is 27.7 Å². The van der Waals surface area contributed by atoms with Gasteiger partial charge in [-0.1, -0.05) is 0 Å². The average molecular weight is 196 g/mol. The molecule has 0 bridgehead atoms. The lowest BCUT2D eigenvalue weighted by molar-refractivity contribution is -0.106. The van der Waals surface area contributed by atoms with Gasteiger partial charge in [-0.25, -0.2) is 0 Å². The Balaban J connectivity index is 3.04. The van der Waals surface area contributed by atoms with Gasteiger partial charge in [-0.15, -0.1) is 0 Å². The van der Waals surface area contributed by atoms with Crippen LogP contribution in [0.4, 0.5) is 0 Å². The predicted molar refractivity (Wildman–Crippen MR) is 53.6 cm³/mol. The quantitative estimate of drug-likeness (QED) is 0.476. The zero-order valence-electron chi connectivity index (χ0n) is 9.09. The van der Waals surface area contributed by atoms with Gasteiger partial charge in [0.1, 0.15) is 18.5 Å². The molecular formula is C11H16O3. The molecule has 1 rings (SSSR count). The van der Waals surface area contributed by atoms with Crippen molar-refractivity contribution in [1.82, 2.24) is 0 Å². The van der Waals surface area contributed by atoms with Gasteiger partial charge < -0.3 is 9.47 Å². The van der Waals surface area contributed by atoms with E-state index < -0.39 is 0 Å². The van der Waals surface area contributed by atoms with Crippen molar-refractivity contribution in [2.45, 2.75) is 33.3 Å². The van der Waals surface area contributed by atoms with E-state index in [9.17, 15) is 4.79 Å². The predicted octanol–water partition coefficient (Wildman–Crippen LogP) is 2.19. The third-order valence-electron chi connectivity index (χ3n) is 1.97. The summed E-state index contributed by atoms with van der Waals surface area (Å²) in [7, 11) is 0. The molecule has 1 heterocycles. The minimum Gasteiger partial charge on any atom is -0.486 e. The maximum Gasteiger partial charge on any atom is 0.167 e. The van der Waals surface area contributed by atoms with E-state index in [-0.39, 0.29) is 5.60 Å². The Morgan fingerprint density at radius 2 is 2.14 bits per heavy atom. The lowest BCUT2D eigenvalue weighted by Crippen LogP contribution is -2.35. The normalized spacial score (nSPS) is 26.4. The topological polar surface area (TPSA) is 35.5 Å². The largest absolute Gasteiger partial charge is 0.486 e. The maximum atomic E-state index is 10.7. The molecule has 1 saturated heterocycles. The van der Waals surface area contributed by atoms with Crippen LogP contribution in [-0.4, -0.2) is 18.5 Å². The Kier molecular flexibility index (Phi) is 2.99.